The fraction of sp³-hybridized carbons (Fsp3) is 0.186. The largest absolute Gasteiger partial charge is 0.456 e. The quantitative estimate of drug-likeness (QED) is 0.152. The van der Waals surface area contributed by atoms with Crippen LogP contribution >= 0.6 is 0 Å². The second-order valence-corrected chi connectivity index (χ2v) is 29.6. The maximum atomic E-state index is 6.91. The molecule has 4 heterocycles. The third-order valence-electron chi connectivity index (χ3n) is 19.2. The highest BCUT2D eigenvalue weighted by Crippen LogP contribution is 2.47. The minimum atomic E-state index is -0.0159. The Hall–Kier alpha value is -10.3. The Balaban J connectivity index is 0.770. The van der Waals surface area contributed by atoms with Crippen LogP contribution in [0.3, 0.4) is 0 Å². The van der Waals surface area contributed by atoms with E-state index in [4.69, 9.17) is 8.83 Å². The average Bonchev–Trinajstić information content (AvgIpc) is 1.59. The molecule has 0 fully saturated rings. The molecule has 0 N–H and O–H groups in total. The number of para-hydroxylation sites is 4. The molecular weight excluding hydrogens is 1120 g/mol. The van der Waals surface area contributed by atoms with Gasteiger partial charge in [0, 0.05) is 101 Å². The summed E-state index contributed by atoms with van der Waals surface area (Å²) < 4.78 is 18.7. The third kappa shape index (κ3) is 9.52. The highest BCUT2D eigenvalue weighted by molar-refractivity contribution is 6.17. The smallest absolute Gasteiger partial charge is 0.137 e. The lowest BCUT2D eigenvalue weighted by molar-refractivity contribution is 0.567. The third-order valence-corrected chi connectivity index (χ3v) is 19.2. The molecule has 92 heavy (non-hydrogen) atoms. The van der Waals surface area contributed by atoms with Crippen LogP contribution in [0.25, 0.3) is 110 Å². The maximum Gasteiger partial charge on any atom is 0.137 e. The van der Waals surface area contributed by atoms with E-state index in [2.05, 4.69) is 345 Å². The Labute approximate surface area is 538 Å². The molecule has 16 aromatic rings. The molecule has 4 aromatic heterocycles. The molecule has 12 aromatic carbocycles. The molecule has 0 atom stereocenters. The molecule has 0 saturated heterocycles. The number of rotatable bonds is 8. The van der Waals surface area contributed by atoms with Gasteiger partial charge in [-0.2, -0.15) is 0 Å². The molecular formula is C86H76N4O2. The zero-order chi connectivity index (χ0) is 63.3. The predicted octanol–water partition coefficient (Wildman–Crippen LogP) is 25.0. The molecule has 0 saturated carbocycles. The minimum absolute atomic E-state index is 0.0159. The summed E-state index contributed by atoms with van der Waals surface area (Å²) in [5, 5.41) is 11.3. The van der Waals surface area contributed by atoms with Gasteiger partial charge in [0.2, 0.25) is 0 Å². The van der Waals surface area contributed by atoms with Crippen molar-refractivity contribution < 1.29 is 8.83 Å². The summed E-state index contributed by atoms with van der Waals surface area (Å²) in [6.07, 6.45) is 0. The SMILES string of the molecule is CC(C)(C)c1cc(-n2c3ccccc3c3cc(N(c4ccccc4)c4ccc5c(c4)oc4cc6cc7oc8cc(N(c9ccccc9)c9ccc%10c(c9)c9ccccc9n%10-c9cc(C(C)(C)C)cc(C(C)(C)C)c9)ccc8c7cc6cc45)ccc32)cc(C(C)(C)C)c1. The summed E-state index contributed by atoms with van der Waals surface area (Å²) in [5.41, 5.74) is 22.0. The van der Waals surface area contributed by atoms with Gasteiger partial charge < -0.3 is 27.8 Å². The van der Waals surface area contributed by atoms with Gasteiger partial charge in [0.1, 0.15) is 22.3 Å². The Morgan fingerprint density at radius 3 is 0.935 bits per heavy atom. The number of furan rings is 2. The van der Waals surface area contributed by atoms with Crippen LogP contribution in [0, 0.1) is 0 Å². The van der Waals surface area contributed by atoms with E-state index >= 15 is 0 Å². The molecule has 0 radical (unpaired) electrons. The van der Waals surface area contributed by atoms with Gasteiger partial charge in [-0.25, -0.2) is 0 Å². The highest BCUT2D eigenvalue weighted by atomic mass is 16.3. The zero-order valence-corrected chi connectivity index (χ0v) is 54.7. The van der Waals surface area contributed by atoms with E-state index in [9.17, 15) is 0 Å². The highest BCUT2D eigenvalue weighted by Gasteiger charge is 2.27. The molecule has 452 valence electrons. The van der Waals surface area contributed by atoms with Gasteiger partial charge in [0.15, 0.2) is 0 Å². The van der Waals surface area contributed by atoms with Crippen LogP contribution in [0.15, 0.2) is 251 Å². The molecule has 0 aliphatic carbocycles. The first kappa shape index (κ1) is 56.9. The van der Waals surface area contributed by atoms with Crippen LogP contribution in [0.4, 0.5) is 34.1 Å². The first-order valence-corrected chi connectivity index (χ1v) is 32.5. The Kier molecular flexibility index (Phi) is 12.7. The van der Waals surface area contributed by atoms with Crippen molar-refractivity contribution in [1.29, 1.82) is 0 Å². The van der Waals surface area contributed by atoms with E-state index in [0.29, 0.717) is 0 Å². The first-order chi connectivity index (χ1) is 44.1. The predicted molar refractivity (Wildman–Crippen MR) is 391 cm³/mol. The van der Waals surface area contributed by atoms with Gasteiger partial charge in [-0.1, -0.05) is 168 Å². The van der Waals surface area contributed by atoms with Crippen LogP contribution in [0.5, 0.6) is 0 Å². The summed E-state index contributed by atoms with van der Waals surface area (Å²) in [6.45, 7) is 27.7. The summed E-state index contributed by atoms with van der Waals surface area (Å²) in [5.74, 6) is 0. The fourth-order valence-corrected chi connectivity index (χ4v) is 14.1. The van der Waals surface area contributed by atoms with Gasteiger partial charge in [-0.15, -0.1) is 0 Å². The second-order valence-electron chi connectivity index (χ2n) is 29.6. The molecule has 0 spiro atoms. The fourth-order valence-electron chi connectivity index (χ4n) is 14.1. The lowest BCUT2D eigenvalue weighted by Gasteiger charge is -2.27. The summed E-state index contributed by atoms with van der Waals surface area (Å²) >= 11 is 0. The normalized spacial score (nSPS) is 12.8. The molecule has 0 aliphatic rings. The van der Waals surface area contributed by atoms with Crippen molar-refractivity contribution in [3.8, 4) is 11.4 Å². The summed E-state index contributed by atoms with van der Waals surface area (Å²) in [4.78, 5) is 4.70. The first-order valence-electron chi connectivity index (χ1n) is 32.5. The summed E-state index contributed by atoms with van der Waals surface area (Å²) in [6, 6.07) is 89.6. The molecule has 6 nitrogen and oxygen atoms in total. The zero-order valence-electron chi connectivity index (χ0n) is 54.7. The van der Waals surface area contributed by atoms with E-state index in [1.165, 1.54) is 77.2 Å². The number of nitrogens with zero attached hydrogens (tertiary/aromatic N) is 4. The van der Waals surface area contributed by atoms with Crippen molar-refractivity contribution >= 4 is 132 Å². The monoisotopic (exact) mass is 1200 g/mol. The van der Waals surface area contributed by atoms with E-state index in [1.54, 1.807) is 0 Å². The van der Waals surface area contributed by atoms with Crippen molar-refractivity contribution in [1.82, 2.24) is 9.13 Å². The summed E-state index contributed by atoms with van der Waals surface area (Å²) in [7, 11) is 0. The second kappa shape index (κ2) is 20.6. The lowest BCUT2D eigenvalue weighted by atomic mass is 9.80. The number of anilines is 6. The van der Waals surface area contributed by atoms with Gasteiger partial charge >= 0.3 is 0 Å². The molecule has 0 aliphatic heterocycles. The van der Waals surface area contributed by atoms with E-state index < -0.39 is 0 Å². The van der Waals surface area contributed by atoms with Crippen LogP contribution < -0.4 is 9.80 Å². The molecule has 16 rings (SSSR count). The van der Waals surface area contributed by atoms with Gasteiger partial charge in [-0.05, 0) is 200 Å². The minimum Gasteiger partial charge on any atom is -0.456 e. The molecule has 0 unspecified atom stereocenters. The Bertz CT molecular complexity index is 5220. The Morgan fingerprint density at radius 1 is 0.239 bits per heavy atom. The van der Waals surface area contributed by atoms with Crippen LogP contribution in [0.2, 0.25) is 0 Å². The number of hydrogen-bond acceptors (Lipinski definition) is 4. The number of benzene rings is 12. The van der Waals surface area contributed by atoms with Gasteiger partial charge in [-0.3, -0.25) is 0 Å². The van der Waals surface area contributed by atoms with E-state index in [-0.39, 0.29) is 21.7 Å². The van der Waals surface area contributed by atoms with Crippen LogP contribution in [-0.2, 0) is 21.7 Å². The van der Waals surface area contributed by atoms with Crippen molar-refractivity contribution in [3.63, 3.8) is 0 Å². The van der Waals surface area contributed by atoms with Crippen molar-refractivity contribution in [2.24, 2.45) is 0 Å². The van der Waals surface area contributed by atoms with Crippen LogP contribution in [0.1, 0.15) is 105 Å². The number of fused-ring (bicyclic) bond motifs is 13. The standard InChI is InChI=1S/C86H76N4O2/c1-83(2,3)55-43-56(84(4,5)6)46-65(45-55)89-75-29-21-19-27-67(75)71-49-61(33-37-77(71)89)87(59-23-15-13-16-24-59)63-31-35-69-73-39-53-40-74-70-36-32-64(52-82(70)92-80(74)42-54(53)41-79(73)91-81(69)51-63)88(60-25-17-14-18-26-60)62-34-38-78-72(50-62)68-28-20-22-30-76(68)90(78)66-47-57(85(7,8)9)44-58(48-66)86(10,11)12/h13-52H,1-12H3. The van der Waals surface area contributed by atoms with Crippen molar-refractivity contribution in [2.75, 3.05) is 9.80 Å². The van der Waals surface area contributed by atoms with Crippen molar-refractivity contribution in [2.45, 2.75) is 105 Å². The molecule has 6 heteroatoms. The lowest BCUT2D eigenvalue weighted by Crippen LogP contribution is -2.17. The van der Waals surface area contributed by atoms with Gasteiger partial charge in [0.05, 0.1) is 22.1 Å². The molecule has 0 amide bonds. The maximum absolute atomic E-state index is 6.91. The number of hydrogen-bond donors (Lipinski definition) is 0. The molecule has 0 bridgehead atoms. The van der Waals surface area contributed by atoms with E-state index in [1.807, 2.05) is 0 Å². The topological polar surface area (TPSA) is 42.6 Å². The number of aromatic nitrogens is 2. The average molecular weight is 1200 g/mol. The Morgan fingerprint density at radius 2 is 0.554 bits per heavy atom. The van der Waals surface area contributed by atoms with Crippen molar-refractivity contribution in [3.05, 3.63) is 265 Å². The van der Waals surface area contributed by atoms with Crippen LogP contribution in [-0.4, -0.2) is 9.13 Å². The van der Waals surface area contributed by atoms with Gasteiger partial charge in [0.25, 0.3) is 0 Å². The van der Waals surface area contributed by atoms with E-state index in [0.717, 1.165) is 88.8 Å².